The van der Waals surface area contributed by atoms with Gasteiger partial charge >= 0.3 is 0 Å². The Morgan fingerprint density at radius 3 is 2.72 bits per heavy atom. The molecule has 0 heterocycles. The highest BCUT2D eigenvalue weighted by Crippen LogP contribution is 2.28. The van der Waals surface area contributed by atoms with E-state index in [1.807, 2.05) is 13.0 Å². The van der Waals surface area contributed by atoms with Crippen LogP contribution in [0.1, 0.15) is 12.5 Å². The molecule has 0 saturated heterocycles. The number of hydrogen-bond acceptors (Lipinski definition) is 5. The molecule has 1 amide bonds. The Bertz CT molecular complexity index is 838. The van der Waals surface area contributed by atoms with Crippen LogP contribution in [0.2, 0.25) is 0 Å². The predicted molar refractivity (Wildman–Crippen MR) is 94.5 cm³/mol. The number of nitrogens with zero attached hydrogens (tertiary/aromatic N) is 1. The van der Waals surface area contributed by atoms with Crippen molar-refractivity contribution < 1.29 is 19.4 Å². The SMILES string of the molecule is CCOc1ccccc1NC(=O)/C(C#N)=C\c1ccc(O)c(OC)c1. The van der Waals surface area contributed by atoms with Crippen LogP contribution >= 0.6 is 0 Å². The van der Waals surface area contributed by atoms with Gasteiger partial charge in [0.15, 0.2) is 11.5 Å². The second kappa shape index (κ2) is 8.41. The Morgan fingerprint density at radius 2 is 2.04 bits per heavy atom. The molecule has 0 unspecified atom stereocenters. The van der Waals surface area contributed by atoms with Gasteiger partial charge in [0, 0.05) is 0 Å². The van der Waals surface area contributed by atoms with E-state index in [1.165, 1.54) is 25.3 Å². The number of hydrogen-bond donors (Lipinski definition) is 2. The maximum absolute atomic E-state index is 12.4. The Hall–Kier alpha value is -3.46. The summed E-state index contributed by atoms with van der Waals surface area (Å²) in [6.45, 7) is 2.30. The average Bonchev–Trinajstić information content (AvgIpc) is 2.62. The van der Waals surface area contributed by atoms with Gasteiger partial charge in [-0.05, 0) is 42.8 Å². The number of nitriles is 1. The van der Waals surface area contributed by atoms with E-state index in [4.69, 9.17) is 9.47 Å². The zero-order chi connectivity index (χ0) is 18.2. The van der Waals surface area contributed by atoms with Crippen LogP contribution in [0.5, 0.6) is 17.2 Å². The van der Waals surface area contributed by atoms with E-state index in [2.05, 4.69) is 5.32 Å². The summed E-state index contributed by atoms with van der Waals surface area (Å²) in [5, 5.41) is 21.6. The zero-order valence-electron chi connectivity index (χ0n) is 13.9. The van der Waals surface area contributed by atoms with Gasteiger partial charge in [-0.3, -0.25) is 4.79 Å². The largest absolute Gasteiger partial charge is 0.504 e. The van der Waals surface area contributed by atoms with Crippen LogP contribution in [-0.4, -0.2) is 24.7 Å². The number of amides is 1. The Morgan fingerprint density at radius 1 is 1.28 bits per heavy atom. The van der Waals surface area contributed by atoms with E-state index in [0.29, 0.717) is 23.6 Å². The Labute approximate surface area is 145 Å². The highest BCUT2D eigenvalue weighted by Gasteiger charge is 2.13. The van der Waals surface area contributed by atoms with Crippen LogP contribution in [0.25, 0.3) is 6.08 Å². The minimum atomic E-state index is -0.554. The van der Waals surface area contributed by atoms with Crippen LogP contribution in [0.3, 0.4) is 0 Å². The standard InChI is InChI=1S/C19H18N2O4/c1-3-25-17-7-5-4-6-15(17)21-19(23)14(12-20)10-13-8-9-16(22)18(11-13)24-2/h4-11,22H,3H2,1-2H3,(H,21,23)/b14-10-. The molecule has 0 aliphatic carbocycles. The number of carbonyl (C=O) groups is 1. The number of anilines is 1. The van der Waals surface area contributed by atoms with Crippen molar-refractivity contribution in [2.45, 2.75) is 6.92 Å². The molecule has 0 aromatic heterocycles. The summed E-state index contributed by atoms with van der Waals surface area (Å²) < 4.78 is 10.5. The zero-order valence-corrected chi connectivity index (χ0v) is 13.9. The van der Waals surface area contributed by atoms with Gasteiger partial charge in [-0.2, -0.15) is 5.26 Å². The van der Waals surface area contributed by atoms with Gasteiger partial charge in [0.25, 0.3) is 5.91 Å². The van der Waals surface area contributed by atoms with Gasteiger partial charge in [-0.15, -0.1) is 0 Å². The smallest absolute Gasteiger partial charge is 0.266 e. The topological polar surface area (TPSA) is 91.6 Å². The molecule has 2 aromatic carbocycles. The third-order valence-electron chi connectivity index (χ3n) is 3.31. The first-order valence-electron chi connectivity index (χ1n) is 7.61. The molecule has 0 aliphatic rings. The summed E-state index contributed by atoms with van der Waals surface area (Å²) >= 11 is 0. The molecule has 2 N–H and O–H groups in total. The van der Waals surface area contributed by atoms with E-state index in [9.17, 15) is 15.2 Å². The highest BCUT2D eigenvalue weighted by molar-refractivity contribution is 6.10. The molecule has 0 radical (unpaired) electrons. The summed E-state index contributed by atoms with van der Waals surface area (Å²) in [5.41, 5.74) is 0.956. The molecule has 0 aliphatic heterocycles. The maximum atomic E-state index is 12.4. The Kier molecular flexibility index (Phi) is 6.02. The molecular formula is C19H18N2O4. The van der Waals surface area contributed by atoms with Gasteiger partial charge in [-0.1, -0.05) is 18.2 Å². The minimum Gasteiger partial charge on any atom is -0.504 e. The number of phenolic OH excluding ortho intramolecular Hbond substituents is 1. The van der Waals surface area contributed by atoms with Crippen molar-refractivity contribution in [1.29, 1.82) is 5.26 Å². The molecule has 6 heteroatoms. The molecule has 2 rings (SSSR count). The number of para-hydroxylation sites is 2. The quantitative estimate of drug-likeness (QED) is 0.622. The summed E-state index contributed by atoms with van der Waals surface area (Å²) in [5.74, 6) is 0.213. The van der Waals surface area contributed by atoms with Crippen molar-refractivity contribution in [2.24, 2.45) is 0 Å². The van der Waals surface area contributed by atoms with E-state index in [1.54, 1.807) is 30.3 Å². The third-order valence-corrected chi connectivity index (χ3v) is 3.31. The van der Waals surface area contributed by atoms with Crippen molar-refractivity contribution in [3.8, 4) is 23.3 Å². The minimum absolute atomic E-state index is 0.0201. The summed E-state index contributed by atoms with van der Waals surface area (Å²) in [7, 11) is 1.42. The number of rotatable bonds is 6. The first kappa shape index (κ1) is 17.9. The van der Waals surface area contributed by atoms with Crippen LogP contribution in [-0.2, 0) is 4.79 Å². The normalized spacial score (nSPS) is 10.7. The number of phenols is 1. The monoisotopic (exact) mass is 338 g/mol. The number of ether oxygens (including phenoxy) is 2. The lowest BCUT2D eigenvalue weighted by Gasteiger charge is -2.11. The average molecular weight is 338 g/mol. The van der Waals surface area contributed by atoms with Gasteiger partial charge in [-0.25, -0.2) is 0 Å². The lowest BCUT2D eigenvalue weighted by atomic mass is 10.1. The number of nitrogens with one attached hydrogen (secondary N) is 1. The lowest BCUT2D eigenvalue weighted by Crippen LogP contribution is -2.14. The fourth-order valence-corrected chi connectivity index (χ4v) is 2.14. The second-order valence-corrected chi connectivity index (χ2v) is 4.98. The van der Waals surface area contributed by atoms with E-state index in [-0.39, 0.29) is 17.1 Å². The van der Waals surface area contributed by atoms with Crippen LogP contribution in [0.4, 0.5) is 5.69 Å². The van der Waals surface area contributed by atoms with Crippen molar-refractivity contribution in [1.82, 2.24) is 0 Å². The predicted octanol–water partition coefficient (Wildman–Crippen LogP) is 3.35. The molecule has 0 fully saturated rings. The summed E-state index contributed by atoms with van der Waals surface area (Å²) in [4.78, 5) is 12.4. The van der Waals surface area contributed by atoms with E-state index < -0.39 is 5.91 Å². The fourth-order valence-electron chi connectivity index (χ4n) is 2.14. The highest BCUT2D eigenvalue weighted by atomic mass is 16.5. The third kappa shape index (κ3) is 4.52. The first-order chi connectivity index (χ1) is 12.1. The van der Waals surface area contributed by atoms with Crippen molar-refractivity contribution in [3.05, 3.63) is 53.6 Å². The van der Waals surface area contributed by atoms with Crippen LogP contribution < -0.4 is 14.8 Å². The van der Waals surface area contributed by atoms with E-state index in [0.717, 1.165) is 0 Å². The van der Waals surface area contributed by atoms with Gasteiger partial charge in [0.05, 0.1) is 19.4 Å². The van der Waals surface area contributed by atoms with Crippen molar-refractivity contribution >= 4 is 17.7 Å². The van der Waals surface area contributed by atoms with Crippen LogP contribution in [0, 0.1) is 11.3 Å². The molecule has 2 aromatic rings. The van der Waals surface area contributed by atoms with Crippen molar-refractivity contribution in [3.63, 3.8) is 0 Å². The molecule has 0 spiro atoms. The molecule has 0 atom stereocenters. The van der Waals surface area contributed by atoms with E-state index >= 15 is 0 Å². The number of carbonyl (C=O) groups excluding carboxylic acids is 1. The number of methoxy groups -OCH3 is 1. The second-order valence-electron chi connectivity index (χ2n) is 4.98. The van der Waals surface area contributed by atoms with Gasteiger partial charge < -0.3 is 19.9 Å². The van der Waals surface area contributed by atoms with Crippen LogP contribution in [0.15, 0.2) is 48.0 Å². The molecular weight excluding hydrogens is 320 g/mol. The molecule has 25 heavy (non-hydrogen) atoms. The van der Waals surface area contributed by atoms with Gasteiger partial charge in [0.2, 0.25) is 0 Å². The van der Waals surface area contributed by atoms with Gasteiger partial charge in [0.1, 0.15) is 17.4 Å². The summed E-state index contributed by atoms with van der Waals surface area (Å²) in [6, 6.07) is 13.4. The first-order valence-corrected chi connectivity index (χ1v) is 7.61. The molecule has 0 saturated carbocycles. The number of benzene rings is 2. The molecule has 6 nitrogen and oxygen atoms in total. The summed E-state index contributed by atoms with van der Waals surface area (Å²) in [6.07, 6.45) is 1.42. The Balaban J connectivity index is 2.26. The number of aromatic hydroxyl groups is 1. The van der Waals surface area contributed by atoms with Crippen molar-refractivity contribution in [2.75, 3.05) is 19.0 Å². The maximum Gasteiger partial charge on any atom is 0.266 e. The fraction of sp³-hybridized carbons (Fsp3) is 0.158. The lowest BCUT2D eigenvalue weighted by molar-refractivity contribution is -0.112. The molecule has 128 valence electrons. The molecule has 0 bridgehead atoms.